The third-order valence-corrected chi connectivity index (χ3v) is 4.92. The zero-order valence-corrected chi connectivity index (χ0v) is 17.6. The number of carbonyl (C=O) groups excluding carboxylic acids is 2. The summed E-state index contributed by atoms with van der Waals surface area (Å²) in [4.78, 5) is 28.3. The molecule has 3 aromatic rings. The van der Waals surface area contributed by atoms with Crippen LogP contribution in [0.4, 0.5) is 5.69 Å². The van der Waals surface area contributed by atoms with Gasteiger partial charge in [0.05, 0.1) is 5.69 Å². The smallest absolute Gasteiger partial charge is 0.211 e. The number of ketones is 1. The van der Waals surface area contributed by atoms with E-state index in [0.717, 1.165) is 5.56 Å². The number of allylic oxidation sites excluding steroid dienone is 2. The van der Waals surface area contributed by atoms with Crippen LogP contribution < -0.4 is 5.32 Å². The third-order valence-electron chi connectivity index (χ3n) is 4.44. The molecule has 0 unspecified atom stereocenters. The molecule has 150 valence electrons. The van der Waals surface area contributed by atoms with Gasteiger partial charge < -0.3 is 5.32 Å². The Bertz CT molecular complexity index is 1120. The Balaban J connectivity index is 2.15. The number of carbonyl (C=O) groups is 2. The standard InChI is InChI=1S/C24H18Cl2N2O2/c1-16(23(30)12-10-20-4-2-3-13-27-20)24(17-5-7-18(25)8-6-17)21-14-19(26)9-11-22(21)28-15-29/h2-15H,1H3,(H,28,29)/b12-10+,24-16+. The normalized spacial score (nSPS) is 11.8. The Morgan fingerprint density at radius 3 is 2.40 bits per heavy atom. The maximum Gasteiger partial charge on any atom is 0.211 e. The fourth-order valence-corrected chi connectivity index (χ4v) is 3.29. The van der Waals surface area contributed by atoms with E-state index in [2.05, 4.69) is 10.3 Å². The SMILES string of the molecule is C/C(C(=O)/C=C/c1ccccn1)=C(/c1ccc(Cl)cc1)c1cc(Cl)ccc1NC=O. The van der Waals surface area contributed by atoms with Gasteiger partial charge >= 0.3 is 0 Å². The van der Waals surface area contributed by atoms with Crippen LogP contribution in [0.3, 0.4) is 0 Å². The Morgan fingerprint density at radius 2 is 1.73 bits per heavy atom. The molecule has 0 bridgehead atoms. The lowest BCUT2D eigenvalue weighted by atomic mass is 9.90. The average molecular weight is 437 g/mol. The van der Waals surface area contributed by atoms with E-state index in [9.17, 15) is 9.59 Å². The third kappa shape index (κ3) is 5.23. The van der Waals surface area contributed by atoms with Crippen molar-refractivity contribution in [2.45, 2.75) is 6.92 Å². The average Bonchev–Trinajstić information content (AvgIpc) is 2.76. The number of hydrogen-bond donors (Lipinski definition) is 1. The van der Waals surface area contributed by atoms with Gasteiger partial charge in [0.15, 0.2) is 5.78 Å². The van der Waals surface area contributed by atoms with E-state index in [1.54, 1.807) is 49.5 Å². The highest BCUT2D eigenvalue weighted by atomic mass is 35.5. The first-order valence-electron chi connectivity index (χ1n) is 9.10. The van der Waals surface area contributed by atoms with Gasteiger partial charge in [0.1, 0.15) is 0 Å². The van der Waals surface area contributed by atoms with E-state index >= 15 is 0 Å². The molecule has 6 heteroatoms. The van der Waals surface area contributed by atoms with Crippen molar-refractivity contribution in [3.8, 4) is 0 Å². The zero-order valence-electron chi connectivity index (χ0n) is 16.1. The molecule has 0 atom stereocenters. The summed E-state index contributed by atoms with van der Waals surface area (Å²) in [5, 5.41) is 3.74. The van der Waals surface area contributed by atoms with E-state index in [1.165, 1.54) is 6.08 Å². The molecule has 0 fully saturated rings. The van der Waals surface area contributed by atoms with Crippen LogP contribution in [-0.4, -0.2) is 17.2 Å². The van der Waals surface area contributed by atoms with Crippen LogP contribution in [0.2, 0.25) is 10.0 Å². The molecule has 0 aliphatic rings. The van der Waals surface area contributed by atoms with Gasteiger partial charge in [-0.2, -0.15) is 0 Å². The van der Waals surface area contributed by atoms with Crippen LogP contribution >= 0.6 is 23.2 Å². The molecule has 2 aromatic carbocycles. The van der Waals surface area contributed by atoms with Crippen molar-refractivity contribution < 1.29 is 9.59 Å². The molecule has 0 aliphatic heterocycles. The Morgan fingerprint density at radius 1 is 1.00 bits per heavy atom. The van der Waals surface area contributed by atoms with E-state index in [1.807, 2.05) is 30.3 Å². The van der Waals surface area contributed by atoms with Gasteiger partial charge in [-0.05, 0) is 72.7 Å². The van der Waals surface area contributed by atoms with Crippen LogP contribution in [0.15, 0.2) is 78.5 Å². The zero-order chi connectivity index (χ0) is 21.5. The highest BCUT2D eigenvalue weighted by Crippen LogP contribution is 2.35. The van der Waals surface area contributed by atoms with Gasteiger partial charge in [0.2, 0.25) is 6.41 Å². The fourth-order valence-electron chi connectivity index (χ4n) is 2.99. The quantitative estimate of drug-likeness (QED) is 0.361. The fraction of sp³-hybridized carbons (Fsp3) is 0.0417. The molecule has 0 spiro atoms. The number of pyridine rings is 1. The molecule has 0 aliphatic carbocycles. The largest absolute Gasteiger partial charge is 0.328 e. The van der Waals surface area contributed by atoms with Crippen molar-refractivity contribution in [2.75, 3.05) is 5.32 Å². The number of anilines is 1. The first-order chi connectivity index (χ1) is 14.5. The van der Waals surface area contributed by atoms with Crippen LogP contribution in [0.25, 0.3) is 11.6 Å². The summed E-state index contributed by atoms with van der Waals surface area (Å²) in [5.74, 6) is -0.192. The summed E-state index contributed by atoms with van der Waals surface area (Å²) in [6, 6.07) is 17.7. The van der Waals surface area contributed by atoms with Crippen molar-refractivity contribution >= 4 is 52.7 Å². The Labute approximate surface area is 184 Å². The summed E-state index contributed by atoms with van der Waals surface area (Å²) < 4.78 is 0. The topological polar surface area (TPSA) is 59.1 Å². The van der Waals surface area contributed by atoms with Gasteiger partial charge in [0, 0.05) is 33.1 Å². The predicted molar refractivity (Wildman–Crippen MR) is 123 cm³/mol. The van der Waals surface area contributed by atoms with E-state index < -0.39 is 0 Å². The lowest BCUT2D eigenvalue weighted by Crippen LogP contribution is -2.05. The maximum atomic E-state index is 13.0. The molecule has 3 rings (SSSR count). The minimum absolute atomic E-state index is 0.192. The second-order valence-electron chi connectivity index (χ2n) is 6.41. The predicted octanol–water partition coefficient (Wildman–Crippen LogP) is 6.06. The van der Waals surface area contributed by atoms with Crippen LogP contribution in [0, 0.1) is 0 Å². The number of aromatic nitrogens is 1. The highest BCUT2D eigenvalue weighted by Gasteiger charge is 2.17. The number of nitrogens with one attached hydrogen (secondary N) is 1. The first kappa shape index (κ1) is 21.5. The van der Waals surface area contributed by atoms with Crippen LogP contribution in [0.5, 0.6) is 0 Å². The highest BCUT2D eigenvalue weighted by molar-refractivity contribution is 6.31. The maximum absolute atomic E-state index is 13.0. The summed E-state index contributed by atoms with van der Waals surface area (Å²) in [6.45, 7) is 1.74. The Kier molecular flexibility index (Phi) is 7.17. The molecule has 0 saturated carbocycles. The van der Waals surface area contributed by atoms with E-state index in [-0.39, 0.29) is 5.78 Å². The molecule has 1 aromatic heterocycles. The lowest BCUT2D eigenvalue weighted by molar-refractivity contribution is -0.111. The minimum atomic E-state index is -0.192. The molecule has 1 amide bonds. The molecule has 30 heavy (non-hydrogen) atoms. The molecule has 1 N–H and O–H groups in total. The number of benzene rings is 2. The molecule has 1 heterocycles. The first-order valence-corrected chi connectivity index (χ1v) is 9.85. The van der Waals surface area contributed by atoms with Crippen molar-refractivity contribution in [1.82, 2.24) is 4.98 Å². The van der Waals surface area contributed by atoms with Crippen LogP contribution in [0.1, 0.15) is 23.7 Å². The lowest BCUT2D eigenvalue weighted by Gasteiger charge is -2.16. The molecule has 0 radical (unpaired) electrons. The van der Waals surface area contributed by atoms with Gasteiger partial charge in [-0.1, -0.05) is 41.4 Å². The van der Waals surface area contributed by atoms with Crippen molar-refractivity contribution in [3.05, 3.63) is 105 Å². The second-order valence-corrected chi connectivity index (χ2v) is 7.28. The van der Waals surface area contributed by atoms with Crippen LogP contribution in [-0.2, 0) is 9.59 Å². The summed E-state index contributed by atoms with van der Waals surface area (Å²) >= 11 is 12.3. The molecular weight excluding hydrogens is 419 g/mol. The number of hydrogen-bond acceptors (Lipinski definition) is 3. The van der Waals surface area contributed by atoms with Gasteiger partial charge in [-0.15, -0.1) is 0 Å². The van der Waals surface area contributed by atoms with Crippen molar-refractivity contribution in [1.29, 1.82) is 0 Å². The number of halogens is 2. The molecule has 4 nitrogen and oxygen atoms in total. The molecule has 0 saturated heterocycles. The summed E-state index contributed by atoms with van der Waals surface area (Å²) in [7, 11) is 0. The van der Waals surface area contributed by atoms with Gasteiger partial charge in [0.25, 0.3) is 0 Å². The number of amides is 1. The number of rotatable bonds is 7. The Hall–Kier alpha value is -3.21. The van der Waals surface area contributed by atoms with Crippen molar-refractivity contribution in [3.63, 3.8) is 0 Å². The second kappa shape index (κ2) is 10.0. The minimum Gasteiger partial charge on any atom is -0.328 e. The van der Waals surface area contributed by atoms with Gasteiger partial charge in [-0.25, -0.2) is 0 Å². The monoisotopic (exact) mass is 436 g/mol. The van der Waals surface area contributed by atoms with E-state index in [4.69, 9.17) is 23.2 Å². The van der Waals surface area contributed by atoms with E-state index in [0.29, 0.717) is 44.5 Å². The molecular formula is C24H18Cl2N2O2. The summed E-state index contributed by atoms with van der Waals surface area (Å²) in [6.07, 6.45) is 5.39. The number of nitrogens with zero attached hydrogens (tertiary/aromatic N) is 1. The summed E-state index contributed by atoms with van der Waals surface area (Å²) in [5.41, 5.74) is 3.76. The van der Waals surface area contributed by atoms with Gasteiger partial charge in [-0.3, -0.25) is 14.6 Å². The van der Waals surface area contributed by atoms with Crippen molar-refractivity contribution in [2.24, 2.45) is 0 Å².